The maximum atomic E-state index is 12.6. The van der Waals surface area contributed by atoms with Gasteiger partial charge >= 0.3 is 5.76 Å². The van der Waals surface area contributed by atoms with E-state index in [2.05, 4.69) is 0 Å². The monoisotopic (exact) mass is 338 g/mol. The molecule has 1 aliphatic heterocycles. The molecule has 0 fully saturated rings. The lowest BCUT2D eigenvalue weighted by molar-refractivity contribution is -0.132. The Morgan fingerprint density at radius 1 is 1.16 bits per heavy atom. The summed E-state index contributed by atoms with van der Waals surface area (Å²) in [6.45, 7) is 1.43. The summed E-state index contributed by atoms with van der Waals surface area (Å²) in [6.07, 6.45) is 1.01. The predicted octanol–water partition coefficient (Wildman–Crippen LogP) is 2.28. The van der Waals surface area contributed by atoms with Crippen LogP contribution in [-0.2, 0) is 24.3 Å². The first-order chi connectivity index (χ1) is 12.1. The molecule has 6 nitrogen and oxygen atoms in total. The molecular weight excluding hydrogens is 320 g/mol. The largest absolute Gasteiger partial charge is 0.508 e. The van der Waals surface area contributed by atoms with Crippen LogP contribution in [0, 0.1) is 0 Å². The van der Waals surface area contributed by atoms with Gasteiger partial charge in [0, 0.05) is 26.1 Å². The van der Waals surface area contributed by atoms with Crippen molar-refractivity contribution >= 4 is 17.0 Å². The van der Waals surface area contributed by atoms with Crippen molar-refractivity contribution in [3.8, 4) is 5.75 Å². The summed E-state index contributed by atoms with van der Waals surface area (Å²) in [4.78, 5) is 26.3. The summed E-state index contributed by atoms with van der Waals surface area (Å²) in [5, 5.41) is 9.62. The maximum Gasteiger partial charge on any atom is 0.419 e. The van der Waals surface area contributed by atoms with E-state index in [0.29, 0.717) is 24.2 Å². The second kappa shape index (κ2) is 6.12. The number of carbonyl (C=O) groups is 1. The standard InChI is InChI=1S/C19H18N2O4/c22-15-6-5-13-7-9-20(12-14(13)11-15)18(23)8-10-21-16-3-1-2-4-17(16)25-19(21)24/h1-6,11,22H,7-10,12H2. The summed E-state index contributed by atoms with van der Waals surface area (Å²) < 4.78 is 6.69. The Morgan fingerprint density at radius 3 is 2.88 bits per heavy atom. The fraction of sp³-hybridized carbons (Fsp3) is 0.263. The second-order valence-corrected chi connectivity index (χ2v) is 6.26. The van der Waals surface area contributed by atoms with E-state index >= 15 is 0 Å². The zero-order chi connectivity index (χ0) is 17.4. The van der Waals surface area contributed by atoms with Gasteiger partial charge in [0.05, 0.1) is 5.52 Å². The number of aromatic hydroxyl groups is 1. The van der Waals surface area contributed by atoms with Gasteiger partial charge in [-0.25, -0.2) is 4.79 Å². The average Bonchev–Trinajstić information content (AvgIpc) is 2.94. The number of phenols is 1. The highest BCUT2D eigenvalue weighted by Crippen LogP contribution is 2.23. The molecule has 1 amide bonds. The van der Waals surface area contributed by atoms with Gasteiger partial charge in [-0.2, -0.15) is 0 Å². The van der Waals surface area contributed by atoms with Crippen LogP contribution < -0.4 is 5.76 Å². The average molecular weight is 338 g/mol. The minimum Gasteiger partial charge on any atom is -0.508 e. The molecule has 128 valence electrons. The Hall–Kier alpha value is -3.02. The Morgan fingerprint density at radius 2 is 2.00 bits per heavy atom. The number of amides is 1. The molecule has 6 heteroatoms. The van der Waals surface area contributed by atoms with Crippen molar-refractivity contribution in [3.63, 3.8) is 0 Å². The van der Waals surface area contributed by atoms with Crippen molar-refractivity contribution in [3.05, 3.63) is 64.1 Å². The Kier molecular flexibility index (Phi) is 3.80. The van der Waals surface area contributed by atoms with Crippen molar-refractivity contribution in [1.29, 1.82) is 0 Å². The van der Waals surface area contributed by atoms with E-state index in [1.165, 1.54) is 10.1 Å². The normalized spacial score (nSPS) is 13.8. The number of carbonyl (C=O) groups excluding carboxylic acids is 1. The third-order valence-electron chi connectivity index (χ3n) is 4.68. The number of para-hydroxylation sites is 2. The zero-order valence-electron chi connectivity index (χ0n) is 13.6. The van der Waals surface area contributed by atoms with Crippen LogP contribution >= 0.6 is 0 Å². The van der Waals surface area contributed by atoms with Crippen molar-refractivity contribution in [1.82, 2.24) is 9.47 Å². The van der Waals surface area contributed by atoms with Crippen LogP contribution in [0.15, 0.2) is 51.7 Å². The van der Waals surface area contributed by atoms with Crippen LogP contribution in [0.2, 0.25) is 0 Å². The minimum atomic E-state index is -0.442. The van der Waals surface area contributed by atoms with E-state index in [-0.39, 0.29) is 24.6 Å². The van der Waals surface area contributed by atoms with Crippen LogP contribution in [-0.4, -0.2) is 27.0 Å². The fourth-order valence-electron chi connectivity index (χ4n) is 3.35. The molecule has 0 radical (unpaired) electrons. The number of aromatic nitrogens is 1. The van der Waals surface area contributed by atoms with Crippen molar-refractivity contribution in [2.24, 2.45) is 0 Å². The quantitative estimate of drug-likeness (QED) is 0.795. The number of hydrogen-bond acceptors (Lipinski definition) is 4. The summed E-state index contributed by atoms with van der Waals surface area (Å²) in [5.74, 6) is -0.237. The minimum absolute atomic E-state index is 0.00817. The highest BCUT2D eigenvalue weighted by molar-refractivity contribution is 5.77. The zero-order valence-corrected chi connectivity index (χ0v) is 13.6. The highest BCUT2D eigenvalue weighted by Gasteiger charge is 2.21. The molecule has 0 unspecified atom stereocenters. The molecule has 0 saturated heterocycles. The number of rotatable bonds is 3. The Labute approximate surface area is 143 Å². The van der Waals surface area contributed by atoms with Crippen LogP contribution in [0.5, 0.6) is 5.75 Å². The van der Waals surface area contributed by atoms with Gasteiger partial charge in [-0.15, -0.1) is 0 Å². The molecule has 0 aliphatic carbocycles. The molecule has 1 aliphatic rings. The van der Waals surface area contributed by atoms with Gasteiger partial charge in [-0.05, 0) is 41.8 Å². The number of oxazole rings is 1. The topological polar surface area (TPSA) is 75.7 Å². The van der Waals surface area contributed by atoms with E-state index in [1.807, 2.05) is 18.2 Å². The number of phenolic OH excluding ortho intramolecular Hbond substituents is 1. The van der Waals surface area contributed by atoms with Gasteiger partial charge in [-0.3, -0.25) is 9.36 Å². The first-order valence-corrected chi connectivity index (χ1v) is 8.29. The molecule has 0 bridgehead atoms. The van der Waals surface area contributed by atoms with Crippen molar-refractivity contribution in [2.75, 3.05) is 6.54 Å². The lowest BCUT2D eigenvalue weighted by Crippen LogP contribution is -2.36. The first kappa shape index (κ1) is 15.5. The van der Waals surface area contributed by atoms with E-state index in [0.717, 1.165) is 12.0 Å². The first-order valence-electron chi connectivity index (χ1n) is 8.29. The lowest BCUT2D eigenvalue weighted by atomic mass is 9.99. The summed E-state index contributed by atoms with van der Waals surface area (Å²) in [5.41, 5.74) is 3.38. The molecule has 0 atom stereocenters. The van der Waals surface area contributed by atoms with Gasteiger partial charge < -0.3 is 14.4 Å². The molecule has 25 heavy (non-hydrogen) atoms. The highest BCUT2D eigenvalue weighted by atomic mass is 16.4. The van der Waals surface area contributed by atoms with Crippen LogP contribution in [0.3, 0.4) is 0 Å². The molecular formula is C19H18N2O4. The molecule has 2 heterocycles. The number of benzene rings is 2. The Balaban J connectivity index is 1.47. The second-order valence-electron chi connectivity index (χ2n) is 6.26. The van der Waals surface area contributed by atoms with E-state index < -0.39 is 5.76 Å². The maximum absolute atomic E-state index is 12.6. The van der Waals surface area contributed by atoms with Crippen LogP contribution in [0.1, 0.15) is 17.5 Å². The van der Waals surface area contributed by atoms with E-state index in [4.69, 9.17) is 4.42 Å². The molecule has 0 spiro atoms. The molecule has 2 aromatic carbocycles. The SMILES string of the molecule is O=C(CCn1c(=O)oc2ccccc21)N1CCc2ccc(O)cc2C1. The van der Waals surface area contributed by atoms with Gasteiger partial charge in [0.25, 0.3) is 0 Å². The number of hydrogen-bond donors (Lipinski definition) is 1. The van der Waals surface area contributed by atoms with Crippen LogP contribution in [0.4, 0.5) is 0 Å². The summed E-state index contributed by atoms with van der Waals surface area (Å²) >= 11 is 0. The third kappa shape index (κ3) is 2.91. The van der Waals surface area contributed by atoms with Gasteiger partial charge in [-0.1, -0.05) is 18.2 Å². The summed E-state index contributed by atoms with van der Waals surface area (Å²) in [6, 6.07) is 12.5. The molecule has 4 rings (SSSR count). The summed E-state index contributed by atoms with van der Waals surface area (Å²) in [7, 11) is 0. The fourth-order valence-corrected chi connectivity index (χ4v) is 3.35. The van der Waals surface area contributed by atoms with Gasteiger partial charge in [0.1, 0.15) is 5.75 Å². The number of aryl methyl sites for hydroxylation is 1. The molecule has 1 N–H and O–H groups in total. The van der Waals surface area contributed by atoms with Gasteiger partial charge in [0.2, 0.25) is 5.91 Å². The molecule has 3 aromatic rings. The van der Waals surface area contributed by atoms with Crippen LogP contribution in [0.25, 0.3) is 11.1 Å². The van der Waals surface area contributed by atoms with Gasteiger partial charge in [0.15, 0.2) is 5.58 Å². The van der Waals surface area contributed by atoms with Crippen molar-refractivity contribution < 1.29 is 14.3 Å². The molecule has 0 saturated carbocycles. The number of fused-ring (bicyclic) bond motifs is 2. The van der Waals surface area contributed by atoms with E-state index in [1.54, 1.807) is 29.2 Å². The third-order valence-corrected chi connectivity index (χ3v) is 4.68. The number of nitrogens with zero attached hydrogens (tertiary/aromatic N) is 2. The van der Waals surface area contributed by atoms with Crippen molar-refractivity contribution in [2.45, 2.75) is 25.9 Å². The smallest absolute Gasteiger partial charge is 0.419 e. The predicted molar refractivity (Wildman–Crippen MR) is 92.3 cm³/mol. The molecule has 1 aromatic heterocycles. The Bertz CT molecular complexity index is 1000. The lowest BCUT2D eigenvalue weighted by Gasteiger charge is -2.29. The van der Waals surface area contributed by atoms with E-state index in [9.17, 15) is 14.7 Å².